The zero-order valence-corrected chi connectivity index (χ0v) is 18.9. The van der Waals surface area contributed by atoms with Crippen molar-refractivity contribution in [2.45, 2.75) is 120 Å². The monoisotopic (exact) mass is 428 g/mol. The van der Waals surface area contributed by atoms with Gasteiger partial charge in [0.25, 0.3) is 0 Å². The van der Waals surface area contributed by atoms with Gasteiger partial charge in [0.1, 0.15) is 0 Å². The van der Waals surface area contributed by atoms with E-state index >= 15 is 0 Å². The van der Waals surface area contributed by atoms with E-state index in [1.54, 1.807) is 0 Å². The van der Waals surface area contributed by atoms with Crippen molar-refractivity contribution in [3.8, 4) is 0 Å². The fraction of sp³-hybridized carbons (Fsp3) is 0.905. The van der Waals surface area contributed by atoms with Crippen LogP contribution < -0.4 is 0 Å². The van der Waals surface area contributed by atoms with Gasteiger partial charge in [0.15, 0.2) is 0 Å². The summed E-state index contributed by atoms with van der Waals surface area (Å²) >= 11 is -0.805. The van der Waals surface area contributed by atoms with Gasteiger partial charge in [0.2, 0.25) is 0 Å². The molecule has 1 aliphatic carbocycles. The molecular weight excluding hydrogens is 387 g/mol. The molecule has 23 heavy (non-hydrogen) atoms. The third-order valence-electron chi connectivity index (χ3n) is 5.69. The molecule has 0 heterocycles. The molecule has 0 bridgehead atoms. The average molecular weight is 427 g/mol. The molecule has 0 aromatic rings. The maximum absolute atomic E-state index is 11.1. The van der Waals surface area contributed by atoms with Gasteiger partial charge in [-0.05, 0) is 0 Å². The first-order valence-electron chi connectivity index (χ1n) is 10.2. The summed E-state index contributed by atoms with van der Waals surface area (Å²) in [6.45, 7) is 11.4. The maximum atomic E-state index is 11.1. The van der Waals surface area contributed by atoms with Crippen molar-refractivity contribution in [3.05, 3.63) is 10.2 Å². The van der Waals surface area contributed by atoms with Crippen LogP contribution in [0.1, 0.15) is 111 Å². The van der Waals surface area contributed by atoms with Crippen LogP contribution in [0.25, 0.3) is 0 Å². The van der Waals surface area contributed by atoms with Gasteiger partial charge >= 0.3 is 156 Å². The first kappa shape index (κ1) is 21.5. The molecule has 0 saturated heterocycles. The molecule has 1 aliphatic rings. The van der Waals surface area contributed by atoms with Crippen molar-refractivity contribution < 1.29 is 5.11 Å². The van der Waals surface area contributed by atoms with Gasteiger partial charge in [-0.1, -0.05) is 0 Å². The summed E-state index contributed by atoms with van der Waals surface area (Å²) in [7, 11) is 0. The van der Waals surface area contributed by atoms with E-state index < -0.39 is 26.7 Å². The SMILES string of the molecule is C=[C]([Sn][C](CCCC)(CCCC)CCCC)C1(O)CCCCC1. The normalized spacial score (nSPS) is 18.1. The van der Waals surface area contributed by atoms with E-state index in [4.69, 9.17) is 0 Å². The molecule has 0 amide bonds. The van der Waals surface area contributed by atoms with Crippen LogP contribution in [0.3, 0.4) is 0 Å². The summed E-state index contributed by atoms with van der Waals surface area (Å²) in [4.78, 5) is 0. The number of unbranched alkanes of at least 4 members (excludes halogenated alkanes) is 3. The summed E-state index contributed by atoms with van der Waals surface area (Å²) in [6, 6.07) is 0. The van der Waals surface area contributed by atoms with Crippen LogP contribution in [0.2, 0.25) is 3.43 Å². The molecular formula is C21H40OSn. The Morgan fingerprint density at radius 1 is 0.913 bits per heavy atom. The van der Waals surface area contributed by atoms with Crippen molar-refractivity contribution in [1.29, 1.82) is 0 Å². The van der Waals surface area contributed by atoms with E-state index in [0.717, 1.165) is 12.8 Å². The number of hydrogen-bond donors (Lipinski definition) is 1. The Labute approximate surface area is 155 Å². The Bertz CT molecular complexity index is 309. The molecule has 0 aromatic heterocycles. The molecule has 1 nitrogen and oxygen atoms in total. The van der Waals surface area contributed by atoms with Crippen molar-refractivity contribution in [3.63, 3.8) is 0 Å². The van der Waals surface area contributed by atoms with Gasteiger partial charge in [-0.25, -0.2) is 0 Å². The molecule has 0 aromatic carbocycles. The fourth-order valence-electron chi connectivity index (χ4n) is 3.98. The average Bonchev–Trinajstić information content (AvgIpc) is 2.56. The second kappa shape index (κ2) is 11.2. The van der Waals surface area contributed by atoms with E-state index in [1.165, 1.54) is 80.6 Å². The van der Waals surface area contributed by atoms with Crippen molar-refractivity contribution >= 4 is 21.1 Å². The summed E-state index contributed by atoms with van der Waals surface area (Å²) in [5.41, 5.74) is -0.486. The van der Waals surface area contributed by atoms with Gasteiger partial charge in [0, 0.05) is 0 Å². The third kappa shape index (κ3) is 7.10. The Morgan fingerprint density at radius 3 is 1.74 bits per heavy atom. The van der Waals surface area contributed by atoms with Crippen molar-refractivity contribution in [2.24, 2.45) is 0 Å². The van der Waals surface area contributed by atoms with Crippen LogP contribution in [0, 0.1) is 0 Å². The first-order chi connectivity index (χ1) is 11.0. The minimum absolute atomic E-state index is 0.486. The molecule has 2 heteroatoms. The molecule has 1 fully saturated rings. The Kier molecular flexibility index (Phi) is 10.5. The second-order valence-electron chi connectivity index (χ2n) is 7.79. The molecule has 1 rings (SSSR count). The molecule has 0 aliphatic heterocycles. The number of rotatable bonds is 12. The van der Waals surface area contributed by atoms with Crippen LogP contribution in [0.15, 0.2) is 10.2 Å². The van der Waals surface area contributed by atoms with Crippen LogP contribution >= 0.6 is 0 Å². The topological polar surface area (TPSA) is 20.2 Å². The van der Waals surface area contributed by atoms with E-state index in [-0.39, 0.29) is 0 Å². The molecule has 0 atom stereocenters. The summed E-state index contributed by atoms with van der Waals surface area (Å²) < 4.78 is 1.89. The Hall–Kier alpha value is 0.499. The molecule has 0 unspecified atom stereocenters. The van der Waals surface area contributed by atoms with Gasteiger partial charge in [-0.2, -0.15) is 0 Å². The predicted octanol–water partition coefficient (Wildman–Crippen LogP) is 6.63. The Balaban J connectivity index is 2.83. The third-order valence-corrected chi connectivity index (χ3v) is 11.5. The van der Waals surface area contributed by atoms with Gasteiger partial charge in [-0.3, -0.25) is 0 Å². The summed E-state index contributed by atoms with van der Waals surface area (Å²) in [5, 5.41) is 11.1. The molecule has 0 spiro atoms. The van der Waals surface area contributed by atoms with Crippen LogP contribution in [-0.4, -0.2) is 31.8 Å². The van der Waals surface area contributed by atoms with Gasteiger partial charge in [0.05, 0.1) is 0 Å². The van der Waals surface area contributed by atoms with Gasteiger partial charge in [-0.15, -0.1) is 0 Å². The number of aliphatic hydroxyl groups is 1. The minimum atomic E-state index is -0.805. The fourth-order valence-corrected chi connectivity index (χ4v) is 9.77. The van der Waals surface area contributed by atoms with E-state index in [1.807, 2.05) is 0 Å². The van der Waals surface area contributed by atoms with Crippen LogP contribution in [-0.2, 0) is 0 Å². The van der Waals surface area contributed by atoms with Crippen molar-refractivity contribution in [1.82, 2.24) is 0 Å². The predicted molar refractivity (Wildman–Crippen MR) is 104 cm³/mol. The molecule has 2 radical (unpaired) electrons. The van der Waals surface area contributed by atoms with Crippen LogP contribution in [0.4, 0.5) is 0 Å². The van der Waals surface area contributed by atoms with E-state index in [9.17, 15) is 5.11 Å². The van der Waals surface area contributed by atoms with Gasteiger partial charge < -0.3 is 0 Å². The van der Waals surface area contributed by atoms with E-state index in [0.29, 0.717) is 3.43 Å². The summed E-state index contributed by atoms with van der Waals surface area (Å²) in [6.07, 6.45) is 17.8. The molecule has 1 saturated carbocycles. The first-order valence-corrected chi connectivity index (χ1v) is 13.1. The molecule has 1 N–H and O–H groups in total. The summed E-state index contributed by atoms with van der Waals surface area (Å²) in [5.74, 6) is 0. The zero-order valence-electron chi connectivity index (χ0n) is 16.1. The zero-order chi connectivity index (χ0) is 17.2. The second-order valence-corrected chi connectivity index (χ2v) is 13.3. The van der Waals surface area contributed by atoms with Crippen LogP contribution in [0.5, 0.6) is 0 Å². The van der Waals surface area contributed by atoms with E-state index in [2.05, 4.69) is 27.4 Å². The van der Waals surface area contributed by atoms with Crippen molar-refractivity contribution in [2.75, 3.05) is 0 Å². The standard InChI is InChI=1S/C13H27.C8H13O.Sn/c1-4-7-10-13(11-8-5-2)12-9-6-3;1-2-8(9)6-4-3-5-7-8;/h4-12H2,1-3H3;9H,1,3-7H2;. The molecule has 134 valence electrons. The number of hydrogen-bond acceptors (Lipinski definition) is 1. The quantitative estimate of drug-likeness (QED) is 0.347. The Morgan fingerprint density at radius 2 is 1.35 bits per heavy atom.